The number of fused-ring (bicyclic) bond motifs is 3. The maximum Gasteiger partial charge on any atom is -0.0771 e. The fraction of sp³-hybridized carbons (Fsp3) is 0.375. The Morgan fingerprint density at radius 1 is 0.935 bits per heavy atom. The number of halogens is 2. The molecule has 1 N–H and O–H groups in total. The van der Waals surface area contributed by atoms with Crippen molar-refractivity contribution in [1.29, 1.82) is 0 Å². The van der Waals surface area contributed by atoms with Crippen LogP contribution in [0.4, 0.5) is 0 Å². The van der Waals surface area contributed by atoms with E-state index < -0.39 is 8.32 Å². The Labute approximate surface area is 218 Å². The van der Waals surface area contributed by atoms with Crippen LogP contribution in [0.3, 0.4) is 0 Å². The van der Waals surface area contributed by atoms with E-state index in [0.717, 1.165) is 13.0 Å². The molecule has 0 saturated carbocycles. The van der Waals surface area contributed by atoms with Crippen molar-refractivity contribution in [2.24, 2.45) is 0 Å². The first-order chi connectivity index (χ1) is 13.0. The first-order valence-electron chi connectivity index (χ1n) is 9.47. The Hall–Kier alpha value is -0.0419. The van der Waals surface area contributed by atoms with Gasteiger partial charge in [-0.05, 0) is 19.6 Å². The average Bonchev–Trinajstić information content (AvgIpc) is 2.99. The zero-order valence-electron chi connectivity index (χ0n) is 20.0. The largest absolute Gasteiger partial charge is 0.126 e. The Morgan fingerprint density at radius 3 is 1.52 bits per heavy atom. The van der Waals surface area contributed by atoms with Crippen LogP contribution in [0.15, 0.2) is 54.6 Å². The van der Waals surface area contributed by atoms with Gasteiger partial charge < -0.3 is 24.5 Å². The number of benzene rings is 2. The average molecular weight is 533 g/mol. The summed E-state index contributed by atoms with van der Waals surface area (Å²) in [6.07, 6.45) is 0.893. The molecule has 0 heterocycles. The van der Waals surface area contributed by atoms with Gasteiger partial charge in [-0.1, -0.05) is 57.2 Å². The van der Waals surface area contributed by atoms with E-state index >= 15 is 0 Å². The minimum Gasteiger partial charge on any atom is -0.126 e. The van der Waals surface area contributed by atoms with Crippen LogP contribution in [0, 0.1) is 14.4 Å². The van der Waals surface area contributed by atoms with Crippen LogP contribution in [0.2, 0.25) is 19.6 Å². The fourth-order valence-electron chi connectivity index (χ4n) is 2.28. The number of hydrogen-bond acceptors (Lipinski definition) is 1. The van der Waals surface area contributed by atoms with Crippen LogP contribution < -0.4 is 0 Å². The number of hydrogen-bond donors (Lipinski definition) is 0. The van der Waals surface area contributed by atoms with Gasteiger partial charge in [-0.15, -0.1) is 70.1 Å². The molecular weight excluding hydrogens is 493 g/mol. The molecule has 0 fully saturated rings. The fourth-order valence-corrected chi connectivity index (χ4v) is 3.04. The molecule has 0 amide bonds. The third-order valence-corrected chi connectivity index (χ3v) is 4.27. The van der Waals surface area contributed by atoms with Crippen molar-refractivity contribution in [3.05, 3.63) is 74.7 Å². The Kier molecular flexibility index (Phi) is 24.0. The second-order valence-corrected chi connectivity index (χ2v) is 12.9. The summed E-state index contributed by atoms with van der Waals surface area (Å²) in [5.74, 6) is 0. The van der Waals surface area contributed by atoms with Gasteiger partial charge in [0.2, 0.25) is 0 Å². The number of nitrogens with one attached hydrogen (secondary N) is 1. The zero-order valence-corrected chi connectivity index (χ0v) is 25.2. The summed E-state index contributed by atoms with van der Waals surface area (Å²) in [5.41, 5.74) is 6.69. The summed E-state index contributed by atoms with van der Waals surface area (Å²) in [6, 6.07) is 19.3. The third kappa shape index (κ3) is 19.2. The summed E-state index contributed by atoms with van der Waals surface area (Å²) >= 11 is 1.81. The van der Waals surface area contributed by atoms with Gasteiger partial charge in [0.15, 0.2) is 8.32 Å². The minimum absolute atomic E-state index is 0. The van der Waals surface area contributed by atoms with Crippen LogP contribution >= 0.6 is 24.8 Å². The van der Waals surface area contributed by atoms with E-state index in [-0.39, 0.29) is 37.8 Å². The Morgan fingerprint density at radius 2 is 1.26 bits per heavy atom. The molecule has 2 radical (unpaired) electrons. The summed E-state index contributed by atoms with van der Waals surface area (Å²) in [7, 11) is 1.75. The summed E-state index contributed by atoms with van der Waals surface area (Å²) in [6.45, 7) is 16.6. The zero-order chi connectivity index (χ0) is 21.8. The van der Waals surface area contributed by atoms with Crippen LogP contribution in [0.5, 0.6) is 0 Å². The van der Waals surface area contributed by atoms with Crippen molar-refractivity contribution in [3.8, 4) is 0 Å². The molecule has 3 aromatic carbocycles. The normalized spacial score (nSPS) is 9.77. The summed E-state index contributed by atoms with van der Waals surface area (Å²) in [4.78, 5) is 0. The van der Waals surface area contributed by atoms with E-state index in [9.17, 15) is 0 Å². The predicted molar refractivity (Wildman–Crippen MR) is 147 cm³/mol. The molecule has 0 unspecified atom stereocenters. The molecule has 0 atom stereocenters. The topological polar surface area (TPSA) is 33.0 Å². The van der Waals surface area contributed by atoms with Crippen molar-refractivity contribution < 1.29 is 23.6 Å². The molecule has 0 saturated heterocycles. The molecule has 0 aliphatic carbocycles. The summed E-state index contributed by atoms with van der Waals surface area (Å²) < 4.78 is 5.45. The molecule has 0 aliphatic heterocycles. The molecule has 7 heteroatoms. The Bertz CT molecular complexity index is 758. The van der Waals surface area contributed by atoms with Gasteiger partial charge in [-0.3, -0.25) is 0 Å². The maximum absolute atomic E-state index is 6.94. The van der Waals surface area contributed by atoms with Gasteiger partial charge in [0, 0.05) is 6.61 Å². The second-order valence-electron chi connectivity index (χ2n) is 8.38. The maximum atomic E-state index is 6.94. The smallest absolute Gasteiger partial charge is 0.0771 e. The van der Waals surface area contributed by atoms with Gasteiger partial charge in [0.25, 0.3) is 0 Å². The van der Waals surface area contributed by atoms with Gasteiger partial charge in [0.1, 0.15) is 0 Å². The second kappa shape index (κ2) is 19.4. The molecule has 0 bridgehead atoms. The van der Waals surface area contributed by atoms with Crippen LogP contribution in [0.1, 0.15) is 27.2 Å². The molecule has 2 nitrogen and oxygen atoms in total. The molecule has 0 spiro atoms. The van der Waals surface area contributed by atoms with Crippen molar-refractivity contribution in [1.82, 2.24) is 0 Å². The third-order valence-electron chi connectivity index (χ3n) is 3.20. The molecule has 0 aromatic heterocycles. The quantitative estimate of drug-likeness (QED) is 0.246. The van der Waals surface area contributed by atoms with Crippen molar-refractivity contribution >= 4 is 62.3 Å². The van der Waals surface area contributed by atoms with Crippen LogP contribution in [-0.2, 0) is 23.6 Å². The van der Waals surface area contributed by atoms with Gasteiger partial charge in [0.05, 0.1) is 0 Å². The molecule has 3 aromatic rings. The van der Waals surface area contributed by atoms with E-state index in [1.54, 1.807) is 19.2 Å². The molecular formula is C24H39Cl2NOSi2Ti-4. The van der Waals surface area contributed by atoms with E-state index in [0.29, 0.717) is 0 Å². The van der Waals surface area contributed by atoms with Crippen molar-refractivity contribution in [2.45, 2.75) is 52.4 Å². The van der Waals surface area contributed by atoms with Crippen LogP contribution in [-0.4, -0.2) is 28.1 Å². The van der Waals surface area contributed by atoms with Gasteiger partial charge >= 0.3 is 26.8 Å². The first-order valence-corrected chi connectivity index (χ1v) is 15.7. The molecule has 31 heavy (non-hydrogen) atoms. The summed E-state index contributed by atoms with van der Waals surface area (Å²) in [5, 5.41) is 5.39. The van der Waals surface area contributed by atoms with E-state index in [4.69, 9.17) is 10.2 Å². The SMILES string of the molecule is CC(C)(C)[NH-].Cl.Cl.[CH2-]CCO[Si](C)(C)C.[CH3-].[Si]=[Ti].c1ccc2c(c1)[cH-]c1ccccc12. The monoisotopic (exact) mass is 531 g/mol. The van der Waals surface area contributed by atoms with E-state index in [1.165, 1.54) is 21.5 Å². The first kappa shape index (κ1) is 38.2. The standard InChI is InChI=1S/C13H9.C6H15OSi.C4H10N.CH3.2ClH.Si.Ti/c1-3-7-12-10(5-1)9-11-6-2-4-8-13(11)12;1-5-6-7-8(2,3)4;1-4(2,3)5;;;;;/h1-9H;1,5-6H2,2-4H3;5H,1-3H3;1H3;2*1H;;/q4*-1;;;;. The van der Waals surface area contributed by atoms with E-state index in [1.807, 2.05) is 20.8 Å². The predicted octanol–water partition coefficient (Wildman–Crippen LogP) is 8.52. The molecule has 176 valence electrons. The van der Waals surface area contributed by atoms with Crippen molar-refractivity contribution in [3.63, 3.8) is 0 Å². The van der Waals surface area contributed by atoms with Gasteiger partial charge in [-0.25, -0.2) is 0 Å². The van der Waals surface area contributed by atoms with Crippen LogP contribution in [0.25, 0.3) is 27.3 Å². The number of rotatable bonds is 3. The minimum atomic E-state index is -1.22. The van der Waals surface area contributed by atoms with Crippen molar-refractivity contribution in [2.75, 3.05) is 6.61 Å². The van der Waals surface area contributed by atoms with Gasteiger partial charge in [-0.2, -0.15) is 6.42 Å². The molecule has 0 aliphatic rings. The Balaban J connectivity index is -0.000000179. The van der Waals surface area contributed by atoms with E-state index in [2.05, 4.69) is 88.8 Å². The molecule has 3 rings (SSSR count).